The van der Waals surface area contributed by atoms with Crippen molar-refractivity contribution in [2.75, 3.05) is 0 Å². The van der Waals surface area contributed by atoms with E-state index in [9.17, 15) is 19.8 Å². The highest BCUT2D eigenvalue weighted by atomic mass is 16.4. The summed E-state index contributed by atoms with van der Waals surface area (Å²) in [6, 6.07) is 17.3. The molecule has 0 radical (unpaired) electrons. The van der Waals surface area contributed by atoms with Crippen LogP contribution in [0.4, 0.5) is 0 Å². The van der Waals surface area contributed by atoms with Crippen molar-refractivity contribution < 1.29 is 19.8 Å². The number of benzene rings is 2. The molecule has 7 heteroatoms. The fourth-order valence-corrected chi connectivity index (χ4v) is 2.99. The number of aliphatic hydroxyl groups excluding tert-OH is 1. The Hall–Kier alpha value is -3.45. The van der Waals surface area contributed by atoms with Gasteiger partial charge in [0.15, 0.2) is 6.10 Å². The minimum absolute atomic E-state index is 0.182. The molecule has 0 spiro atoms. The summed E-state index contributed by atoms with van der Waals surface area (Å²) in [7, 11) is 1.71. The van der Waals surface area contributed by atoms with Gasteiger partial charge in [0.05, 0.1) is 11.6 Å². The van der Waals surface area contributed by atoms with Crippen molar-refractivity contribution in [2.24, 2.45) is 7.05 Å². The molecular formula is C21H21N3O4. The average molecular weight is 379 g/mol. The second kappa shape index (κ2) is 8.49. The topological polar surface area (TPSA) is 104 Å². The van der Waals surface area contributed by atoms with E-state index in [2.05, 4.69) is 10.4 Å². The number of hydrogen-bond donors (Lipinski definition) is 3. The van der Waals surface area contributed by atoms with Crippen LogP contribution in [0.25, 0.3) is 11.3 Å². The fraction of sp³-hybridized carbons (Fsp3) is 0.190. The van der Waals surface area contributed by atoms with Crippen molar-refractivity contribution in [3.8, 4) is 11.3 Å². The molecule has 3 N–H and O–H groups in total. The molecule has 0 aliphatic rings. The third kappa shape index (κ3) is 4.44. The minimum Gasteiger partial charge on any atom is -0.479 e. The van der Waals surface area contributed by atoms with E-state index < -0.39 is 24.0 Å². The number of carbonyl (C=O) groups excluding carboxylic acids is 1. The van der Waals surface area contributed by atoms with Crippen molar-refractivity contribution in [3.63, 3.8) is 0 Å². The quantitative estimate of drug-likeness (QED) is 0.581. The molecule has 1 unspecified atom stereocenters. The summed E-state index contributed by atoms with van der Waals surface area (Å²) in [6.07, 6.45) is 0.0201. The molecule has 0 bridgehead atoms. The summed E-state index contributed by atoms with van der Waals surface area (Å²) in [5, 5.41) is 26.3. The van der Waals surface area contributed by atoms with Crippen LogP contribution in [0.3, 0.4) is 0 Å². The summed E-state index contributed by atoms with van der Waals surface area (Å²) in [5.41, 5.74) is 2.38. The lowest BCUT2D eigenvalue weighted by Crippen LogP contribution is -2.48. The van der Waals surface area contributed by atoms with Gasteiger partial charge in [0.2, 0.25) is 0 Å². The number of hydrogen-bond acceptors (Lipinski definition) is 4. The first-order valence-electron chi connectivity index (χ1n) is 8.80. The van der Waals surface area contributed by atoms with E-state index in [1.54, 1.807) is 13.2 Å². The Morgan fingerprint density at radius 2 is 1.68 bits per heavy atom. The molecule has 0 aliphatic heterocycles. The maximum atomic E-state index is 12.9. The molecule has 1 heterocycles. The van der Waals surface area contributed by atoms with Crippen molar-refractivity contribution >= 4 is 11.9 Å². The summed E-state index contributed by atoms with van der Waals surface area (Å²) in [4.78, 5) is 24.2. The molecule has 0 saturated carbocycles. The smallest absolute Gasteiger partial charge is 0.334 e. The Morgan fingerprint density at radius 1 is 1.07 bits per heavy atom. The predicted molar refractivity (Wildman–Crippen MR) is 104 cm³/mol. The molecule has 1 aromatic heterocycles. The lowest BCUT2D eigenvalue weighted by molar-refractivity contribution is -0.148. The second-order valence-corrected chi connectivity index (χ2v) is 6.48. The summed E-state index contributed by atoms with van der Waals surface area (Å²) < 4.78 is 1.52. The normalized spacial score (nSPS) is 12.9. The predicted octanol–water partition coefficient (Wildman–Crippen LogP) is 1.87. The van der Waals surface area contributed by atoms with E-state index in [0.717, 1.165) is 11.1 Å². The minimum atomic E-state index is -1.74. The fourth-order valence-electron chi connectivity index (χ4n) is 2.99. The Bertz CT molecular complexity index is 954. The van der Waals surface area contributed by atoms with Crippen molar-refractivity contribution in [1.82, 2.24) is 15.1 Å². The van der Waals surface area contributed by atoms with Crippen LogP contribution in [0, 0.1) is 0 Å². The number of carbonyl (C=O) groups is 2. The maximum absolute atomic E-state index is 12.9. The van der Waals surface area contributed by atoms with Crippen LogP contribution in [0.1, 0.15) is 15.9 Å². The van der Waals surface area contributed by atoms with Crippen LogP contribution in [-0.2, 0) is 18.3 Å². The number of rotatable bonds is 7. The zero-order chi connectivity index (χ0) is 20.1. The number of carboxylic acid groups (broad SMARTS) is 1. The SMILES string of the molecule is Cn1cc(C(=O)N[C@@H](Cc2ccccc2)C(O)C(=O)O)c(-c2ccccc2)n1. The monoisotopic (exact) mass is 379 g/mol. The Morgan fingerprint density at radius 3 is 2.29 bits per heavy atom. The van der Waals surface area contributed by atoms with E-state index in [1.807, 2.05) is 60.7 Å². The van der Waals surface area contributed by atoms with Crippen LogP contribution in [0.5, 0.6) is 0 Å². The zero-order valence-electron chi connectivity index (χ0n) is 15.3. The highest BCUT2D eigenvalue weighted by Gasteiger charge is 2.29. The zero-order valence-corrected chi connectivity index (χ0v) is 15.3. The van der Waals surface area contributed by atoms with Crippen LogP contribution in [0.2, 0.25) is 0 Å². The summed E-state index contributed by atoms with van der Waals surface area (Å²) in [5.74, 6) is -1.89. The van der Waals surface area contributed by atoms with Gasteiger partial charge in [-0.05, 0) is 12.0 Å². The maximum Gasteiger partial charge on any atom is 0.334 e. The molecule has 2 aromatic carbocycles. The molecule has 2 atom stereocenters. The first-order chi connectivity index (χ1) is 13.5. The third-order valence-electron chi connectivity index (χ3n) is 4.37. The highest BCUT2D eigenvalue weighted by Crippen LogP contribution is 2.22. The van der Waals surface area contributed by atoms with Gasteiger partial charge in [-0.15, -0.1) is 0 Å². The number of nitrogens with zero attached hydrogens (tertiary/aromatic N) is 2. The molecule has 0 aliphatic carbocycles. The van der Waals surface area contributed by atoms with Crippen molar-refractivity contribution in [3.05, 3.63) is 78.0 Å². The number of aliphatic hydroxyl groups is 1. The van der Waals surface area contributed by atoms with Gasteiger partial charge in [-0.25, -0.2) is 4.79 Å². The van der Waals surface area contributed by atoms with E-state index >= 15 is 0 Å². The lowest BCUT2D eigenvalue weighted by atomic mass is 10.0. The first kappa shape index (κ1) is 19.3. The number of aryl methyl sites for hydroxylation is 1. The number of aromatic nitrogens is 2. The van der Waals surface area contributed by atoms with E-state index in [-0.39, 0.29) is 6.42 Å². The van der Waals surface area contributed by atoms with Gasteiger partial charge in [0, 0.05) is 18.8 Å². The summed E-state index contributed by atoms with van der Waals surface area (Å²) in [6.45, 7) is 0. The first-order valence-corrected chi connectivity index (χ1v) is 8.80. The largest absolute Gasteiger partial charge is 0.479 e. The number of amides is 1. The highest BCUT2D eigenvalue weighted by molar-refractivity contribution is 6.00. The van der Waals surface area contributed by atoms with Crippen molar-refractivity contribution in [2.45, 2.75) is 18.6 Å². The standard InChI is InChI=1S/C21H21N3O4/c1-24-13-16(18(23-24)15-10-6-3-7-11-15)20(26)22-17(19(25)21(27)28)12-14-8-4-2-5-9-14/h2-11,13,17,19,25H,12H2,1H3,(H,22,26)(H,27,28)/t17-,19?/m0/s1. The Labute approximate surface area is 162 Å². The molecule has 28 heavy (non-hydrogen) atoms. The molecule has 3 rings (SSSR count). The molecule has 144 valence electrons. The van der Waals surface area contributed by atoms with E-state index in [4.69, 9.17) is 0 Å². The molecule has 3 aromatic rings. The van der Waals surface area contributed by atoms with Crippen LogP contribution in [0.15, 0.2) is 66.9 Å². The van der Waals surface area contributed by atoms with Gasteiger partial charge in [0.25, 0.3) is 5.91 Å². The van der Waals surface area contributed by atoms with Crippen molar-refractivity contribution in [1.29, 1.82) is 0 Å². The Kier molecular flexibility index (Phi) is 5.86. The molecule has 0 saturated heterocycles. The Balaban J connectivity index is 1.87. The average Bonchev–Trinajstić information content (AvgIpc) is 3.10. The van der Waals surface area contributed by atoms with E-state index in [0.29, 0.717) is 11.3 Å². The second-order valence-electron chi connectivity index (χ2n) is 6.48. The third-order valence-corrected chi connectivity index (χ3v) is 4.37. The van der Waals surface area contributed by atoms with Gasteiger partial charge < -0.3 is 15.5 Å². The number of nitrogens with one attached hydrogen (secondary N) is 1. The van der Waals surface area contributed by atoms with Gasteiger partial charge in [-0.2, -0.15) is 5.10 Å². The molecular weight excluding hydrogens is 358 g/mol. The van der Waals surface area contributed by atoms with Gasteiger partial charge in [-0.1, -0.05) is 60.7 Å². The van der Waals surface area contributed by atoms with Gasteiger partial charge in [-0.3, -0.25) is 9.48 Å². The van der Waals surface area contributed by atoms with Crippen LogP contribution < -0.4 is 5.32 Å². The van der Waals surface area contributed by atoms with Gasteiger partial charge >= 0.3 is 5.97 Å². The number of carboxylic acids is 1. The van der Waals surface area contributed by atoms with E-state index in [1.165, 1.54) is 4.68 Å². The van der Waals surface area contributed by atoms with Crippen LogP contribution >= 0.6 is 0 Å². The van der Waals surface area contributed by atoms with Crippen LogP contribution in [-0.4, -0.2) is 44.0 Å². The lowest BCUT2D eigenvalue weighted by Gasteiger charge is -2.21. The molecule has 7 nitrogen and oxygen atoms in total. The number of aliphatic carboxylic acids is 1. The summed E-state index contributed by atoms with van der Waals surface area (Å²) >= 11 is 0. The molecule has 0 fully saturated rings. The van der Waals surface area contributed by atoms with Gasteiger partial charge in [0.1, 0.15) is 5.69 Å². The molecule has 1 amide bonds.